The Labute approximate surface area is 119 Å². The van der Waals surface area contributed by atoms with E-state index < -0.39 is 0 Å². The maximum atomic E-state index is 13.9. The van der Waals surface area contributed by atoms with Crippen LogP contribution in [-0.2, 0) is 6.54 Å². The van der Waals surface area contributed by atoms with Crippen LogP contribution in [0.2, 0.25) is 0 Å². The summed E-state index contributed by atoms with van der Waals surface area (Å²) >= 11 is 0. The second kappa shape index (κ2) is 6.48. The van der Waals surface area contributed by atoms with E-state index in [1.54, 1.807) is 12.3 Å². The van der Waals surface area contributed by atoms with Crippen LogP contribution in [-0.4, -0.2) is 19.1 Å². The van der Waals surface area contributed by atoms with Gasteiger partial charge in [0.15, 0.2) is 0 Å². The van der Waals surface area contributed by atoms with Gasteiger partial charge in [-0.15, -0.1) is 0 Å². The summed E-state index contributed by atoms with van der Waals surface area (Å²) in [6.07, 6.45) is 1.76. The highest BCUT2D eigenvalue weighted by Gasteiger charge is 2.18. The zero-order chi connectivity index (χ0) is 14.5. The zero-order valence-corrected chi connectivity index (χ0v) is 12.1. The number of anilines is 1. The molecule has 0 saturated carbocycles. The molecule has 1 atom stereocenters. The molecule has 0 fully saturated rings. The Morgan fingerprint density at radius 3 is 2.70 bits per heavy atom. The van der Waals surface area contributed by atoms with Crippen molar-refractivity contribution in [1.82, 2.24) is 10.3 Å². The fraction of sp³-hybridized carbons (Fsp3) is 0.312. The topological polar surface area (TPSA) is 28.2 Å². The SMILES string of the molecule is CNCc1cccnc1N(C)C(C)c1ccccc1F. The molecule has 3 nitrogen and oxygen atoms in total. The Bertz CT molecular complexity index is 571. The van der Waals surface area contributed by atoms with E-state index in [1.165, 1.54) is 6.07 Å². The monoisotopic (exact) mass is 273 g/mol. The van der Waals surface area contributed by atoms with E-state index >= 15 is 0 Å². The summed E-state index contributed by atoms with van der Waals surface area (Å²) in [6.45, 7) is 2.72. The number of halogens is 1. The molecular weight excluding hydrogens is 253 g/mol. The first-order valence-electron chi connectivity index (χ1n) is 6.71. The smallest absolute Gasteiger partial charge is 0.133 e. The second-order valence-electron chi connectivity index (χ2n) is 4.82. The molecule has 1 N–H and O–H groups in total. The molecule has 2 aromatic rings. The van der Waals surface area contributed by atoms with Gasteiger partial charge in [0.25, 0.3) is 0 Å². The molecule has 1 aromatic carbocycles. The van der Waals surface area contributed by atoms with Crippen molar-refractivity contribution >= 4 is 5.82 Å². The average molecular weight is 273 g/mol. The third-order valence-electron chi connectivity index (χ3n) is 3.51. The van der Waals surface area contributed by atoms with Crippen LogP contribution < -0.4 is 10.2 Å². The van der Waals surface area contributed by atoms with Crippen molar-refractivity contribution in [2.75, 3.05) is 19.0 Å². The molecule has 0 amide bonds. The Kier molecular flexibility index (Phi) is 4.69. The van der Waals surface area contributed by atoms with Gasteiger partial charge in [0.05, 0.1) is 6.04 Å². The molecule has 0 radical (unpaired) electrons. The normalized spacial score (nSPS) is 12.2. The summed E-state index contributed by atoms with van der Waals surface area (Å²) in [5.41, 5.74) is 1.77. The van der Waals surface area contributed by atoms with E-state index in [2.05, 4.69) is 10.3 Å². The van der Waals surface area contributed by atoms with E-state index in [1.807, 2.05) is 50.2 Å². The Hall–Kier alpha value is -1.94. The van der Waals surface area contributed by atoms with Crippen LogP contribution in [0.5, 0.6) is 0 Å². The van der Waals surface area contributed by atoms with E-state index in [0.717, 1.165) is 17.9 Å². The van der Waals surface area contributed by atoms with Crippen LogP contribution in [0.1, 0.15) is 24.1 Å². The minimum atomic E-state index is -0.182. The van der Waals surface area contributed by atoms with Crippen molar-refractivity contribution in [2.45, 2.75) is 19.5 Å². The van der Waals surface area contributed by atoms with Crippen LogP contribution >= 0.6 is 0 Å². The number of rotatable bonds is 5. The second-order valence-corrected chi connectivity index (χ2v) is 4.82. The summed E-state index contributed by atoms with van der Waals surface area (Å²) in [7, 11) is 3.84. The van der Waals surface area contributed by atoms with Crippen molar-refractivity contribution in [1.29, 1.82) is 0 Å². The number of aromatic nitrogens is 1. The highest BCUT2D eigenvalue weighted by molar-refractivity contribution is 5.48. The molecule has 0 aliphatic heterocycles. The molecule has 0 saturated heterocycles. The highest BCUT2D eigenvalue weighted by atomic mass is 19.1. The van der Waals surface area contributed by atoms with Gasteiger partial charge < -0.3 is 10.2 Å². The molecule has 1 aromatic heterocycles. The van der Waals surface area contributed by atoms with Gasteiger partial charge in [-0.2, -0.15) is 0 Å². The van der Waals surface area contributed by atoms with Gasteiger partial charge in [0, 0.05) is 30.9 Å². The fourth-order valence-corrected chi connectivity index (χ4v) is 2.28. The van der Waals surface area contributed by atoms with Gasteiger partial charge in [-0.25, -0.2) is 9.37 Å². The molecule has 0 aliphatic carbocycles. The van der Waals surface area contributed by atoms with Crippen LogP contribution in [0, 0.1) is 5.82 Å². The quantitative estimate of drug-likeness (QED) is 0.907. The summed E-state index contributed by atoms with van der Waals surface area (Å²) < 4.78 is 13.9. The first kappa shape index (κ1) is 14.5. The molecule has 0 aliphatic rings. The lowest BCUT2D eigenvalue weighted by atomic mass is 10.1. The summed E-state index contributed by atoms with van der Waals surface area (Å²) in [4.78, 5) is 6.44. The van der Waals surface area contributed by atoms with Crippen LogP contribution in [0.15, 0.2) is 42.6 Å². The number of nitrogens with one attached hydrogen (secondary N) is 1. The maximum absolute atomic E-state index is 13.9. The van der Waals surface area contributed by atoms with Crippen LogP contribution in [0.25, 0.3) is 0 Å². The highest BCUT2D eigenvalue weighted by Crippen LogP contribution is 2.27. The Morgan fingerprint density at radius 2 is 2.00 bits per heavy atom. The van der Waals surface area contributed by atoms with Crippen LogP contribution in [0.4, 0.5) is 10.2 Å². The number of hydrogen-bond acceptors (Lipinski definition) is 3. The van der Waals surface area contributed by atoms with Crippen molar-refractivity contribution in [2.24, 2.45) is 0 Å². The van der Waals surface area contributed by atoms with E-state index in [9.17, 15) is 4.39 Å². The van der Waals surface area contributed by atoms with Crippen molar-refractivity contribution in [3.63, 3.8) is 0 Å². The van der Waals surface area contributed by atoms with Crippen molar-refractivity contribution in [3.8, 4) is 0 Å². The van der Waals surface area contributed by atoms with Crippen LogP contribution in [0.3, 0.4) is 0 Å². The number of hydrogen-bond donors (Lipinski definition) is 1. The van der Waals surface area contributed by atoms with Gasteiger partial charge in [0.2, 0.25) is 0 Å². The van der Waals surface area contributed by atoms with Gasteiger partial charge in [0.1, 0.15) is 11.6 Å². The number of benzene rings is 1. The van der Waals surface area contributed by atoms with Gasteiger partial charge >= 0.3 is 0 Å². The predicted molar refractivity (Wildman–Crippen MR) is 80.2 cm³/mol. The number of nitrogens with zero attached hydrogens (tertiary/aromatic N) is 2. The summed E-state index contributed by atoms with van der Waals surface area (Å²) in [6, 6.07) is 10.7. The Morgan fingerprint density at radius 1 is 1.25 bits per heavy atom. The van der Waals surface area contributed by atoms with Crippen molar-refractivity contribution < 1.29 is 4.39 Å². The lowest BCUT2D eigenvalue weighted by Gasteiger charge is -2.28. The van der Waals surface area contributed by atoms with E-state index in [-0.39, 0.29) is 11.9 Å². The summed E-state index contributed by atoms with van der Waals surface area (Å²) in [5, 5.41) is 3.13. The molecule has 106 valence electrons. The molecule has 20 heavy (non-hydrogen) atoms. The standard InChI is InChI=1S/C16H20FN3/c1-12(14-8-4-5-9-15(14)17)20(3)16-13(11-18-2)7-6-10-19-16/h4-10,12,18H,11H2,1-3H3. The van der Waals surface area contributed by atoms with Gasteiger partial charge in [-0.1, -0.05) is 24.3 Å². The van der Waals surface area contributed by atoms with Gasteiger partial charge in [-0.3, -0.25) is 0 Å². The minimum absolute atomic E-state index is 0.0818. The third-order valence-corrected chi connectivity index (χ3v) is 3.51. The van der Waals surface area contributed by atoms with Crippen molar-refractivity contribution in [3.05, 3.63) is 59.5 Å². The first-order valence-corrected chi connectivity index (χ1v) is 6.71. The molecule has 1 heterocycles. The molecule has 0 bridgehead atoms. The first-order chi connectivity index (χ1) is 9.65. The largest absolute Gasteiger partial charge is 0.353 e. The van der Waals surface area contributed by atoms with E-state index in [0.29, 0.717) is 5.56 Å². The molecule has 1 unspecified atom stereocenters. The lowest BCUT2D eigenvalue weighted by Crippen LogP contribution is -2.25. The number of pyridine rings is 1. The molecule has 4 heteroatoms. The zero-order valence-electron chi connectivity index (χ0n) is 12.1. The predicted octanol–water partition coefficient (Wildman–Crippen LogP) is 3.14. The fourth-order valence-electron chi connectivity index (χ4n) is 2.28. The maximum Gasteiger partial charge on any atom is 0.133 e. The third kappa shape index (κ3) is 2.96. The average Bonchev–Trinajstić information content (AvgIpc) is 2.47. The molecule has 2 rings (SSSR count). The molecule has 0 spiro atoms. The Balaban J connectivity index is 2.31. The van der Waals surface area contributed by atoms with Gasteiger partial charge in [-0.05, 0) is 26.1 Å². The minimum Gasteiger partial charge on any atom is -0.353 e. The molecular formula is C16H20FN3. The van der Waals surface area contributed by atoms with E-state index in [4.69, 9.17) is 0 Å². The lowest BCUT2D eigenvalue weighted by molar-refractivity contribution is 0.583. The summed E-state index contributed by atoms with van der Waals surface area (Å²) in [5.74, 6) is 0.690.